The van der Waals surface area contributed by atoms with Gasteiger partial charge in [-0.05, 0) is 67.6 Å². The Hall–Kier alpha value is -3.52. The molecule has 3 rings (SSSR count). The van der Waals surface area contributed by atoms with Crippen molar-refractivity contribution in [1.82, 2.24) is 0 Å². The van der Waals surface area contributed by atoms with E-state index in [9.17, 15) is 13.2 Å². The Morgan fingerprint density at radius 1 is 0.903 bits per heavy atom. The molecule has 0 fully saturated rings. The molecule has 0 spiro atoms. The van der Waals surface area contributed by atoms with Crippen molar-refractivity contribution in [1.29, 1.82) is 0 Å². The molecule has 0 aliphatic carbocycles. The van der Waals surface area contributed by atoms with Crippen LogP contribution in [0.5, 0.6) is 11.5 Å². The highest BCUT2D eigenvalue weighted by atomic mass is 32.2. The summed E-state index contributed by atoms with van der Waals surface area (Å²) in [6, 6.07) is 21.8. The van der Waals surface area contributed by atoms with Crippen LogP contribution in [0.1, 0.15) is 6.92 Å². The van der Waals surface area contributed by atoms with Gasteiger partial charge >= 0.3 is 0 Å². The first-order valence-electron chi connectivity index (χ1n) is 9.68. The number of nitrogens with zero attached hydrogens (tertiary/aromatic N) is 1. The third-order valence-electron chi connectivity index (χ3n) is 4.49. The van der Waals surface area contributed by atoms with Gasteiger partial charge in [-0.2, -0.15) is 0 Å². The summed E-state index contributed by atoms with van der Waals surface area (Å²) in [6.45, 7) is 1.88. The van der Waals surface area contributed by atoms with Crippen LogP contribution in [-0.4, -0.2) is 34.6 Å². The molecule has 0 unspecified atom stereocenters. The fraction of sp³-hybridized carbons (Fsp3) is 0.174. The Bertz CT molecular complexity index is 1100. The number of methoxy groups -OCH3 is 1. The standard InChI is InChI=1S/C23H24N2O5S/c1-3-25(31(27,28)22-7-5-4-6-8-22)19-11-15-21(16-12-19)30-17-23(26)24-18-9-13-20(29-2)14-10-18/h4-16H,3,17H2,1-2H3,(H,24,26). The Labute approximate surface area is 182 Å². The average Bonchev–Trinajstić information content (AvgIpc) is 2.80. The molecule has 3 aromatic rings. The number of anilines is 2. The summed E-state index contributed by atoms with van der Waals surface area (Å²) < 4.78 is 37.7. The maximum absolute atomic E-state index is 12.9. The Morgan fingerprint density at radius 3 is 2.10 bits per heavy atom. The first-order valence-corrected chi connectivity index (χ1v) is 11.1. The summed E-state index contributed by atoms with van der Waals surface area (Å²) in [6.07, 6.45) is 0. The molecule has 0 atom stereocenters. The van der Waals surface area contributed by atoms with Crippen molar-refractivity contribution in [2.75, 3.05) is 29.9 Å². The lowest BCUT2D eigenvalue weighted by molar-refractivity contribution is -0.118. The SMILES string of the molecule is CCN(c1ccc(OCC(=O)Nc2ccc(OC)cc2)cc1)S(=O)(=O)c1ccccc1. The summed E-state index contributed by atoms with van der Waals surface area (Å²) >= 11 is 0. The van der Waals surface area contributed by atoms with Gasteiger partial charge in [0.1, 0.15) is 11.5 Å². The topological polar surface area (TPSA) is 84.9 Å². The van der Waals surface area contributed by atoms with Crippen molar-refractivity contribution >= 4 is 27.3 Å². The zero-order valence-electron chi connectivity index (χ0n) is 17.3. The fourth-order valence-corrected chi connectivity index (χ4v) is 4.43. The number of rotatable bonds is 9. The molecule has 0 radical (unpaired) electrons. The monoisotopic (exact) mass is 440 g/mol. The van der Waals surface area contributed by atoms with Crippen LogP contribution >= 0.6 is 0 Å². The molecule has 1 amide bonds. The molecule has 0 aromatic heterocycles. The average molecular weight is 441 g/mol. The second-order valence-corrected chi connectivity index (χ2v) is 8.40. The van der Waals surface area contributed by atoms with E-state index in [1.165, 1.54) is 4.31 Å². The lowest BCUT2D eigenvalue weighted by Gasteiger charge is -2.23. The van der Waals surface area contributed by atoms with Crippen LogP contribution in [-0.2, 0) is 14.8 Å². The zero-order valence-corrected chi connectivity index (χ0v) is 18.1. The molecule has 3 aromatic carbocycles. The number of benzene rings is 3. The lowest BCUT2D eigenvalue weighted by atomic mass is 10.3. The number of amides is 1. The molecule has 162 valence electrons. The van der Waals surface area contributed by atoms with Crippen LogP contribution in [0.4, 0.5) is 11.4 Å². The minimum absolute atomic E-state index is 0.175. The zero-order chi connectivity index (χ0) is 22.3. The van der Waals surface area contributed by atoms with Crippen molar-refractivity contribution in [3.05, 3.63) is 78.9 Å². The highest BCUT2D eigenvalue weighted by Gasteiger charge is 2.23. The number of hydrogen-bond donors (Lipinski definition) is 1. The van der Waals surface area contributed by atoms with Gasteiger partial charge in [0, 0.05) is 12.2 Å². The molecule has 0 saturated heterocycles. The molecule has 0 saturated carbocycles. The predicted octanol–water partition coefficient (Wildman–Crippen LogP) is 3.93. The van der Waals surface area contributed by atoms with Crippen LogP contribution in [0.15, 0.2) is 83.8 Å². The Balaban J connectivity index is 1.62. The van der Waals surface area contributed by atoms with Gasteiger partial charge in [0.2, 0.25) is 0 Å². The van der Waals surface area contributed by atoms with Crippen molar-refractivity contribution in [2.45, 2.75) is 11.8 Å². The smallest absolute Gasteiger partial charge is 0.264 e. The van der Waals surface area contributed by atoms with Crippen molar-refractivity contribution in [2.24, 2.45) is 0 Å². The van der Waals surface area contributed by atoms with E-state index in [0.29, 0.717) is 22.9 Å². The van der Waals surface area contributed by atoms with Gasteiger partial charge in [0.15, 0.2) is 6.61 Å². The molecule has 0 aliphatic heterocycles. The molecule has 0 bridgehead atoms. The number of hydrogen-bond acceptors (Lipinski definition) is 5. The van der Waals surface area contributed by atoms with E-state index >= 15 is 0 Å². The molecular formula is C23H24N2O5S. The van der Waals surface area contributed by atoms with E-state index in [-0.39, 0.29) is 24.0 Å². The third kappa shape index (κ3) is 5.55. The summed E-state index contributed by atoms with van der Waals surface area (Å²) in [4.78, 5) is 12.3. The van der Waals surface area contributed by atoms with E-state index in [2.05, 4.69) is 5.32 Å². The summed E-state index contributed by atoms with van der Waals surface area (Å²) in [5.41, 5.74) is 1.15. The maximum Gasteiger partial charge on any atom is 0.264 e. The lowest BCUT2D eigenvalue weighted by Crippen LogP contribution is -2.30. The van der Waals surface area contributed by atoms with Crippen molar-refractivity contribution in [3.63, 3.8) is 0 Å². The van der Waals surface area contributed by atoms with Crippen LogP contribution in [0.3, 0.4) is 0 Å². The van der Waals surface area contributed by atoms with E-state index in [4.69, 9.17) is 9.47 Å². The van der Waals surface area contributed by atoms with E-state index in [1.54, 1.807) is 92.9 Å². The molecule has 1 N–H and O–H groups in total. The van der Waals surface area contributed by atoms with Gasteiger partial charge in [0.05, 0.1) is 17.7 Å². The molecular weight excluding hydrogens is 416 g/mol. The summed E-state index contributed by atoms with van der Waals surface area (Å²) in [5.74, 6) is 0.850. The second-order valence-electron chi connectivity index (χ2n) is 6.54. The molecule has 0 aliphatic rings. The highest BCUT2D eigenvalue weighted by molar-refractivity contribution is 7.92. The number of carbonyl (C=O) groups is 1. The Morgan fingerprint density at radius 2 is 1.52 bits per heavy atom. The van der Waals surface area contributed by atoms with Crippen molar-refractivity contribution in [3.8, 4) is 11.5 Å². The van der Waals surface area contributed by atoms with Gasteiger partial charge < -0.3 is 14.8 Å². The van der Waals surface area contributed by atoms with Crippen LogP contribution < -0.4 is 19.1 Å². The molecule has 8 heteroatoms. The van der Waals surface area contributed by atoms with Gasteiger partial charge in [-0.1, -0.05) is 18.2 Å². The Kier molecular flexibility index (Phi) is 7.15. The predicted molar refractivity (Wildman–Crippen MR) is 120 cm³/mol. The van der Waals surface area contributed by atoms with E-state index in [0.717, 1.165) is 0 Å². The first kappa shape index (κ1) is 22.2. The largest absolute Gasteiger partial charge is 0.497 e. The van der Waals surface area contributed by atoms with Crippen LogP contribution in [0.25, 0.3) is 0 Å². The molecule has 0 heterocycles. The minimum atomic E-state index is -3.66. The van der Waals surface area contributed by atoms with E-state index < -0.39 is 10.0 Å². The highest BCUT2D eigenvalue weighted by Crippen LogP contribution is 2.25. The third-order valence-corrected chi connectivity index (χ3v) is 6.40. The fourth-order valence-electron chi connectivity index (χ4n) is 2.94. The van der Waals surface area contributed by atoms with Crippen molar-refractivity contribution < 1.29 is 22.7 Å². The molecule has 7 nitrogen and oxygen atoms in total. The van der Waals surface area contributed by atoms with Crippen LogP contribution in [0, 0.1) is 0 Å². The normalized spacial score (nSPS) is 10.9. The number of nitrogens with one attached hydrogen (secondary N) is 1. The van der Waals surface area contributed by atoms with Gasteiger partial charge in [-0.25, -0.2) is 8.42 Å². The number of carbonyl (C=O) groups excluding carboxylic acids is 1. The minimum Gasteiger partial charge on any atom is -0.497 e. The molecule has 31 heavy (non-hydrogen) atoms. The summed E-state index contributed by atoms with van der Waals surface area (Å²) in [7, 11) is -2.09. The first-order chi connectivity index (χ1) is 14.9. The van der Waals surface area contributed by atoms with E-state index in [1.807, 2.05) is 0 Å². The van der Waals surface area contributed by atoms with Gasteiger partial charge in [0.25, 0.3) is 15.9 Å². The number of sulfonamides is 1. The van der Waals surface area contributed by atoms with Crippen LogP contribution in [0.2, 0.25) is 0 Å². The number of ether oxygens (including phenoxy) is 2. The summed E-state index contributed by atoms with van der Waals surface area (Å²) in [5, 5.41) is 2.73. The maximum atomic E-state index is 12.9. The second kappa shape index (κ2) is 9.99. The quantitative estimate of drug-likeness (QED) is 0.545. The van der Waals surface area contributed by atoms with Gasteiger partial charge in [-0.3, -0.25) is 9.10 Å². The van der Waals surface area contributed by atoms with Gasteiger partial charge in [-0.15, -0.1) is 0 Å².